The molecule has 0 aliphatic rings. The van der Waals surface area contributed by atoms with Crippen molar-refractivity contribution in [3.63, 3.8) is 0 Å². The van der Waals surface area contributed by atoms with Crippen LogP contribution in [0.2, 0.25) is 17.3 Å². The molecule has 8 rings (SSSR count). The second kappa shape index (κ2) is 16.3. The Morgan fingerprint density at radius 3 is 2.25 bits per heavy atom. The van der Waals surface area contributed by atoms with Crippen molar-refractivity contribution >= 4 is 50.8 Å². The minimum absolute atomic E-state index is 0. The summed E-state index contributed by atoms with van der Waals surface area (Å²) in [6, 6.07) is 44.0. The van der Waals surface area contributed by atoms with Crippen molar-refractivity contribution in [2.24, 2.45) is 5.92 Å². The van der Waals surface area contributed by atoms with Crippen LogP contribution in [-0.2, 0) is 33.1 Å². The second-order valence-corrected chi connectivity index (χ2v) is 25.9. The zero-order valence-corrected chi connectivity index (χ0v) is 36.1. The Morgan fingerprint density at radius 1 is 0.774 bits per heavy atom. The molecule has 0 spiro atoms. The summed E-state index contributed by atoms with van der Waals surface area (Å²) in [5, 5.41) is 2.06. The number of furan rings is 1. The summed E-state index contributed by atoms with van der Waals surface area (Å²) in [7, 11) is 0. The van der Waals surface area contributed by atoms with Crippen LogP contribution in [-0.4, -0.2) is 32.8 Å². The van der Waals surface area contributed by atoms with E-state index in [-0.39, 0.29) is 20.1 Å². The van der Waals surface area contributed by atoms with Crippen molar-refractivity contribution in [3.05, 3.63) is 144 Å². The third kappa shape index (κ3) is 8.41. The SMILES string of the molecule is CC(C)Cc1cc(-c2[c-]cccc2)nc[c]1[Ge]([CH3])([CH3])[CH3].CC(C)c1ccc2c(n1)oc1c(-c3nc4ccccc4n3Cc3ccccc3)[c-]ccc12.[Ir]. The summed E-state index contributed by atoms with van der Waals surface area (Å²) in [5.74, 6) is 9.19. The molecule has 4 aromatic heterocycles. The molecular formula is C46H46GeIrN4O-2. The van der Waals surface area contributed by atoms with Crippen LogP contribution in [0.4, 0.5) is 0 Å². The first kappa shape index (κ1) is 38.4. The Labute approximate surface area is 329 Å². The molecule has 1 radical (unpaired) electrons. The van der Waals surface area contributed by atoms with Crippen LogP contribution in [0, 0.1) is 18.1 Å². The van der Waals surface area contributed by atoms with E-state index in [1.54, 1.807) is 4.40 Å². The molecule has 53 heavy (non-hydrogen) atoms. The van der Waals surface area contributed by atoms with Crippen molar-refractivity contribution in [2.45, 2.75) is 63.8 Å². The van der Waals surface area contributed by atoms with E-state index in [1.807, 2.05) is 42.5 Å². The summed E-state index contributed by atoms with van der Waals surface area (Å²) >= 11 is -1.86. The average Bonchev–Trinajstić information content (AvgIpc) is 3.70. The van der Waals surface area contributed by atoms with Gasteiger partial charge in [-0.15, -0.1) is 18.2 Å². The largest absolute Gasteiger partial charge is 0.486 e. The molecule has 0 fully saturated rings. The zero-order valence-electron chi connectivity index (χ0n) is 31.6. The third-order valence-corrected chi connectivity index (χ3v) is 13.7. The molecule has 5 nitrogen and oxygen atoms in total. The minimum atomic E-state index is -1.86. The minimum Gasteiger partial charge on any atom is -0.486 e. The van der Waals surface area contributed by atoms with Crippen LogP contribution in [0.1, 0.15) is 50.4 Å². The number of para-hydroxylation sites is 2. The van der Waals surface area contributed by atoms with E-state index in [2.05, 4.69) is 135 Å². The van der Waals surface area contributed by atoms with E-state index in [1.165, 1.54) is 11.1 Å². The van der Waals surface area contributed by atoms with Gasteiger partial charge in [0.2, 0.25) is 5.71 Å². The molecule has 4 heterocycles. The van der Waals surface area contributed by atoms with Gasteiger partial charge in [0.15, 0.2) is 0 Å². The Hall–Kier alpha value is -4.36. The second-order valence-electron chi connectivity index (χ2n) is 15.3. The smallest absolute Gasteiger partial charge is 0.216 e. The van der Waals surface area contributed by atoms with Gasteiger partial charge in [-0.2, -0.15) is 0 Å². The predicted molar refractivity (Wildman–Crippen MR) is 219 cm³/mol. The van der Waals surface area contributed by atoms with E-state index in [9.17, 15) is 0 Å². The van der Waals surface area contributed by atoms with Crippen LogP contribution in [0.3, 0.4) is 0 Å². The van der Waals surface area contributed by atoms with Crippen molar-refractivity contribution in [2.75, 3.05) is 0 Å². The molecule has 4 aromatic carbocycles. The van der Waals surface area contributed by atoms with E-state index in [4.69, 9.17) is 19.4 Å². The van der Waals surface area contributed by atoms with E-state index in [0.29, 0.717) is 17.5 Å². The molecule has 0 atom stereocenters. The standard InChI is InChI=1S/C28H22N3O.C18H24GeN.Ir/c1-18(2)23-16-15-21-20-11-8-12-22(26(20)32-28(21)30-23)27-29-24-13-6-7-14-25(24)31(27)17-19-9-4-3-5-10-19;1-14(2)11-16-12-18(15-9-7-6-8-10-15)20-13-17(16)19(3,4)5;/h3-11,13-16,18H,17H2,1-2H3;6-9,12-14H,11H2,1-5H3;/q2*-1;. The first-order chi connectivity index (χ1) is 25.1. The van der Waals surface area contributed by atoms with Gasteiger partial charge in [0.05, 0.1) is 22.4 Å². The Kier molecular flexibility index (Phi) is 11.8. The first-order valence-electron chi connectivity index (χ1n) is 18.3. The maximum Gasteiger partial charge on any atom is 0.216 e. The van der Waals surface area contributed by atoms with Crippen LogP contribution in [0.5, 0.6) is 0 Å². The molecule has 0 N–H and O–H groups in total. The topological polar surface area (TPSA) is 56.7 Å². The summed E-state index contributed by atoms with van der Waals surface area (Å²) in [5.41, 5.74) is 10.2. The molecule has 0 aliphatic carbocycles. The number of hydrogen-bond acceptors (Lipinski definition) is 4. The molecule has 0 amide bonds. The molecular weight excluding hydrogens is 889 g/mol. The number of pyridine rings is 2. The summed E-state index contributed by atoms with van der Waals surface area (Å²) in [4.78, 5) is 14.5. The van der Waals surface area contributed by atoms with Crippen molar-refractivity contribution in [1.29, 1.82) is 0 Å². The Morgan fingerprint density at radius 2 is 1.53 bits per heavy atom. The van der Waals surface area contributed by atoms with Gasteiger partial charge in [-0.3, -0.25) is 4.98 Å². The van der Waals surface area contributed by atoms with Crippen molar-refractivity contribution in [3.8, 4) is 22.6 Å². The molecule has 0 bridgehead atoms. The number of aromatic nitrogens is 4. The van der Waals surface area contributed by atoms with E-state index in [0.717, 1.165) is 68.7 Å². The normalized spacial score (nSPS) is 11.6. The van der Waals surface area contributed by atoms with Gasteiger partial charge in [0, 0.05) is 37.7 Å². The summed E-state index contributed by atoms with van der Waals surface area (Å²) < 4.78 is 10.1. The number of nitrogens with zero attached hydrogens (tertiary/aromatic N) is 4. The fourth-order valence-corrected chi connectivity index (χ4v) is 10.1. The van der Waals surface area contributed by atoms with Crippen molar-refractivity contribution < 1.29 is 24.5 Å². The van der Waals surface area contributed by atoms with Gasteiger partial charge in [-0.05, 0) is 35.7 Å². The average molecular weight is 936 g/mol. The van der Waals surface area contributed by atoms with Gasteiger partial charge < -0.3 is 8.98 Å². The van der Waals surface area contributed by atoms with Gasteiger partial charge >= 0.3 is 126 Å². The monoisotopic (exact) mass is 937 g/mol. The fourth-order valence-electron chi connectivity index (χ4n) is 6.80. The molecule has 7 heteroatoms. The Balaban J connectivity index is 0.000000199. The molecule has 0 unspecified atom stereocenters. The van der Waals surface area contributed by atoms with Crippen LogP contribution < -0.4 is 4.40 Å². The maximum absolute atomic E-state index is 6.33. The summed E-state index contributed by atoms with van der Waals surface area (Å²) in [6.07, 6.45) is 3.27. The quantitative estimate of drug-likeness (QED) is 0.113. The van der Waals surface area contributed by atoms with Crippen molar-refractivity contribution in [1.82, 2.24) is 19.5 Å². The Bertz CT molecular complexity index is 2460. The summed E-state index contributed by atoms with van der Waals surface area (Å²) in [6.45, 7) is 9.57. The molecule has 0 saturated heterocycles. The van der Waals surface area contributed by atoms with Crippen LogP contribution >= 0.6 is 0 Å². The van der Waals surface area contributed by atoms with Gasteiger partial charge in [-0.1, -0.05) is 67.3 Å². The van der Waals surface area contributed by atoms with Crippen LogP contribution in [0.25, 0.3) is 55.7 Å². The van der Waals surface area contributed by atoms with E-state index < -0.39 is 13.3 Å². The predicted octanol–water partition coefficient (Wildman–Crippen LogP) is 11.3. The zero-order chi connectivity index (χ0) is 36.4. The number of rotatable bonds is 8. The number of hydrogen-bond donors (Lipinski definition) is 0. The third-order valence-electron chi connectivity index (χ3n) is 9.38. The van der Waals surface area contributed by atoms with Gasteiger partial charge in [0.1, 0.15) is 0 Å². The molecule has 0 saturated carbocycles. The van der Waals surface area contributed by atoms with Gasteiger partial charge in [0.25, 0.3) is 0 Å². The number of fused-ring (bicyclic) bond motifs is 4. The molecule has 271 valence electrons. The van der Waals surface area contributed by atoms with Crippen LogP contribution in [0.15, 0.2) is 120 Å². The molecule has 8 aromatic rings. The van der Waals surface area contributed by atoms with Gasteiger partial charge in [-0.25, -0.2) is 4.98 Å². The first-order valence-corrected chi connectivity index (χ1v) is 25.6. The molecule has 0 aliphatic heterocycles. The number of benzene rings is 4. The maximum atomic E-state index is 6.33. The number of imidazole rings is 1. The van der Waals surface area contributed by atoms with E-state index >= 15 is 0 Å². The fraction of sp³-hybridized carbons (Fsp3) is 0.239.